The Morgan fingerprint density at radius 1 is 0.912 bits per heavy atom. The predicted octanol–water partition coefficient (Wildman–Crippen LogP) is 4.04. The van der Waals surface area contributed by atoms with Gasteiger partial charge in [-0.3, -0.25) is 4.79 Å². The van der Waals surface area contributed by atoms with Crippen LogP contribution in [0.2, 0.25) is 5.02 Å². The van der Waals surface area contributed by atoms with Crippen LogP contribution in [0.5, 0.6) is 0 Å². The number of hydrogen-bond acceptors (Lipinski definition) is 6. The summed E-state index contributed by atoms with van der Waals surface area (Å²) in [6, 6.07) is 13.4. The molecular weight excluding hydrogens is 450 g/mol. The first kappa shape index (κ1) is 22.0. The molecule has 4 aromatic rings. The molecule has 0 saturated carbocycles. The molecule has 1 fully saturated rings. The largest absolute Gasteiger partial charge is 0.339 e. The fourth-order valence-corrected chi connectivity index (χ4v) is 4.32. The molecule has 0 bridgehead atoms. The summed E-state index contributed by atoms with van der Waals surface area (Å²) >= 11 is 6.11. The predicted molar refractivity (Wildman–Crippen MR) is 131 cm³/mol. The maximum absolute atomic E-state index is 13.5. The van der Waals surface area contributed by atoms with Gasteiger partial charge in [0.05, 0.1) is 23.6 Å². The Kier molecular flexibility index (Phi) is 6.22. The summed E-state index contributed by atoms with van der Waals surface area (Å²) in [6.07, 6.45) is 7.67. The van der Waals surface area contributed by atoms with E-state index in [0.29, 0.717) is 41.9 Å². The minimum Gasteiger partial charge on any atom is -0.339 e. The maximum atomic E-state index is 13.5. The molecule has 2 aromatic heterocycles. The van der Waals surface area contributed by atoms with Crippen molar-refractivity contribution in [2.45, 2.75) is 13.3 Å². The summed E-state index contributed by atoms with van der Waals surface area (Å²) in [4.78, 5) is 28.2. The van der Waals surface area contributed by atoms with Gasteiger partial charge in [-0.25, -0.2) is 9.97 Å². The Labute approximate surface area is 202 Å². The summed E-state index contributed by atoms with van der Waals surface area (Å²) in [6.45, 7) is 4.66. The highest BCUT2D eigenvalue weighted by Crippen LogP contribution is 2.23. The normalized spacial score (nSPS) is 14.2. The third-order valence-electron chi connectivity index (χ3n) is 5.88. The van der Waals surface area contributed by atoms with Crippen LogP contribution in [0.25, 0.3) is 16.8 Å². The number of anilines is 1. The second kappa shape index (κ2) is 9.61. The second-order valence-corrected chi connectivity index (χ2v) is 8.69. The molecule has 0 atom stereocenters. The van der Waals surface area contributed by atoms with Crippen molar-refractivity contribution in [3.63, 3.8) is 0 Å². The molecule has 0 radical (unpaired) electrons. The van der Waals surface area contributed by atoms with Crippen LogP contribution in [0.3, 0.4) is 0 Å². The number of aromatic nitrogens is 5. The zero-order chi connectivity index (χ0) is 23.5. The zero-order valence-electron chi connectivity index (χ0n) is 18.8. The first-order valence-corrected chi connectivity index (χ1v) is 11.6. The van der Waals surface area contributed by atoms with Gasteiger partial charge in [-0.15, -0.1) is 0 Å². The molecule has 5 rings (SSSR count). The van der Waals surface area contributed by atoms with Crippen molar-refractivity contribution < 1.29 is 4.79 Å². The molecule has 1 amide bonds. The van der Waals surface area contributed by atoms with Crippen molar-refractivity contribution in [2.75, 3.05) is 31.1 Å². The Morgan fingerprint density at radius 3 is 2.47 bits per heavy atom. The number of hydrogen-bond donors (Lipinski definition) is 0. The van der Waals surface area contributed by atoms with Crippen molar-refractivity contribution in [1.29, 1.82) is 0 Å². The average molecular weight is 474 g/mol. The van der Waals surface area contributed by atoms with E-state index in [2.05, 4.69) is 25.1 Å². The lowest BCUT2D eigenvalue weighted by Gasteiger charge is -2.23. The lowest BCUT2D eigenvalue weighted by molar-refractivity contribution is 0.0766. The monoisotopic (exact) mass is 473 g/mol. The molecule has 1 aliphatic heterocycles. The highest BCUT2D eigenvalue weighted by Gasteiger charge is 2.24. The molecule has 0 spiro atoms. The average Bonchev–Trinajstić information content (AvgIpc) is 3.28. The van der Waals surface area contributed by atoms with E-state index in [1.165, 1.54) is 4.80 Å². The van der Waals surface area contributed by atoms with E-state index in [4.69, 9.17) is 11.6 Å². The lowest BCUT2D eigenvalue weighted by atomic mass is 10.1. The van der Waals surface area contributed by atoms with Crippen LogP contribution in [0.15, 0.2) is 67.3 Å². The molecule has 0 unspecified atom stereocenters. The van der Waals surface area contributed by atoms with Gasteiger partial charge in [0.15, 0.2) is 0 Å². The standard InChI is InChI=1S/C25H24ClN7O/c1-18-6-7-23(33-29-8-9-30-33)22(14-18)24(34)31-10-3-11-32(13-12-31)25-27-16-20(17-28-25)19-4-2-5-21(26)15-19/h2,4-9,14-17H,3,10-13H2,1H3. The van der Waals surface area contributed by atoms with E-state index in [9.17, 15) is 4.79 Å². The number of carbonyl (C=O) groups is 1. The van der Waals surface area contributed by atoms with Crippen molar-refractivity contribution in [3.8, 4) is 16.8 Å². The molecule has 1 saturated heterocycles. The molecule has 8 nitrogen and oxygen atoms in total. The molecule has 2 aromatic carbocycles. The molecule has 1 aliphatic rings. The van der Waals surface area contributed by atoms with Crippen LogP contribution in [-0.2, 0) is 0 Å². The molecule has 0 N–H and O–H groups in total. The summed E-state index contributed by atoms with van der Waals surface area (Å²) in [7, 11) is 0. The minimum absolute atomic E-state index is 0.0185. The Balaban J connectivity index is 1.31. The topological polar surface area (TPSA) is 80.0 Å². The molecular formula is C25H24ClN7O. The molecule has 34 heavy (non-hydrogen) atoms. The van der Waals surface area contributed by atoms with Crippen LogP contribution in [0, 0.1) is 6.92 Å². The van der Waals surface area contributed by atoms with Crippen LogP contribution < -0.4 is 4.90 Å². The Morgan fingerprint density at radius 2 is 1.71 bits per heavy atom. The molecule has 0 aliphatic carbocycles. The van der Waals surface area contributed by atoms with Crippen LogP contribution in [0.4, 0.5) is 5.95 Å². The Hall–Kier alpha value is -3.78. The van der Waals surface area contributed by atoms with E-state index in [1.807, 2.05) is 66.7 Å². The van der Waals surface area contributed by atoms with Gasteiger partial charge in [-0.05, 0) is 43.2 Å². The highest BCUT2D eigenvalue weighted by molar-refractivity contribution is 6.30. The fourth-order valence-electron chi connectivity index (χ4n) is 4.13. The number of aryl methyl sites for hydroxylation is 1. The number of halogens is 1. The van der Waals surface area contributed by atoms with Crippen LogP contribution >= 0.6 is 11.6 Å². The number of benzene rings is 2. The van der Waals surface area contributed by atoms with Gasteiger partial charge in [0, 0.05) is 49.2 Å². The number of nitrogens with zero attached hydrogens (tertiary/aromatic N) is 7. The number of amides is 1. The van der Waals surface area contributed by atoms with Gasteiger partial charge in [0.1, 0.15) is 0 Å². The maximum Gasteiger partial charge on any atom is 0.256 e. The van der Waals surface area contributed by atoms with Gasteiger partial charge < -0.3 is 9.80 Å². The zero-order valence-corrected chi connectivity index (χ0v) is 19.6. The third kappa shape index (κ3) is 4.63. The summed E-state index contributed by atoms with van der Waals surface area (Å²) in [5.74, 6) is 0.645. The molecule has 9 heteroatoms. The van der Waals surface area contributed by atoms with Gasteiger partial charge in [0.25, 0.3) is 5.91 Å². The van der Waals surface area contributed by atoms with E-state index in [0.717, 1.165) is 29.7 Å². The quantitative estimate of drug-likeness (QED) is 0.445. The lowest BCUT2D eigenvalue weighted by Crippen LogP contribution is -2.36. The second-order valence-electron chi connectivity index (χ2n) is 8.25. The molecule has 172 valence electrons. The first-order valence-electron chi connectivity index (χ1n) is 11.2. The van der Waals surface area contributed by atoms with Crippen LogP contribution in [-0.4, -0.2) is 61.9 Å². The van der Waals surface area contributed by atoms with Crippen LogP contribution in [0.1, 0.15) is 22.3 Å². The fraction of sp³-hybridized carbons (Fsp3) is 0.240. The van der Waals surface area contributed by atoms with Crippen molar-refractivity contribution in [3.05, 3.63) is 83.4 Å². The van der Waals surface area contributed by atoms with Crippen molar-refractivity contribution >= 4 is 23.5 Å². The van der Waals surface area contributed by atoms with Gasteiger partial charge in [0.2, 0.25) is 5.95 Å². The molecule has 3 heterocycles. The van der Waals surface area contributed by atoms with E-state index in [-0.39, 0.29) is 5.91 Å². The smallest absolute Gasteiger partial charge is 0.256 e. The van der Waals surface area contributed by atoms with E-state index < -0.39 is 0 Å². The Bertz CT molecular complexity index is 1290. The van der Waals surface area contributed by atoms with Crippen molar-refractivity contribution in [2.24, 2.45) is 0 Å². The number of rotatable bonds is 4. The minimum atomic E-state index is -0.0185. The SMILES string of the molecule is Cc1ccc(-n2nccn2)c(C(=O)N2CCCN(c3ncc(-c4cccc(Cl)c4)cn3)CC2)c1. The highest BCUT2D eigenvalue weighted by atomic mass is 35.5. The van der Waals surface area contributed by atoms with Gasteiger partial charge in [-0.1, -0.05) is 35.4 Å². The summed E-state index contributed by atoms with van der Waals surface area (Å²) in [5, 5.41) is 9.10. The summed E-state index contributed by atoms with van der Waals surface area (Å²) in [5.41, 5.74) is 4.20. The van der Waals surface area contributed by atoms with Crippen molar-refractivity contribution in [1.82, 2.24) is 29.9 Å². The first-order chi connectivity index (χ1) is 16.6. The number of carbonyl (C=O) groups excluding carboxylic acids is 1. The van der Waals surface area contributed by atoms with E-state index >= 15 is 0 Å². The van der Waals surface area contributed by atoms with Gasteiger partial charge >= 0.3 is 0 Å². The van der Waals surface area contributed by atoms with Gasteiger partial charge in [-0.2, -0.15) is 15.0 Å². The van der Waals surface area contributed by atoms with E-state index in [1.54, 1.807) is 12.4 Å². The third-order valence-corrected chi connectivity index (χ3v) is 6.11. The summed E-state index contributed by atoms with van der Waals surface area (Å²) < 4.78 is 0.